The minimum absolute atomic E-state index is 0.356. The molecule has 0 nitrogen and oxygen atoms in total. The minimum Gasteiger partial charge on any atom is -0.0840 e. The van der Waals surface area contributed by atoms with Crippen molar-refractivity contribution in [3.63, 3.8) is 0 Å². The van der Waals surface area contributed by atoms with Crippen LogP contribution < -0.4 is 0 Å². The predicted octanol–water partition coefficient (Wildman–Crippen LogP) is 6.51. The normalized spacial score (nSPS) is 19.1. The molecule has 3 rings (SSSR count). The van der Waals surface area contributed by atoms with Gasteiger partial charge in [0.2, 0.25) is 0 Å². The van der Waals surface area contributed by atoms with E-state index in [9.17, 15) is 0 Å². The van der Waals surface area contributed by atoms with Gasteiger partial charge >= 0.3 is 0 Å². The molecule has 0 amide bonds. The molecule has 0 saturated heterocycles. The van der Waals surface area contributed by atoms with Crippen LogP contribution in [0.2, 0.25) is 5.02 Å². The first-order valence-corrected chi connectivity index (χ1v) is 8.86. The Labute approximate surface area is 140 Å². The monoisotopic (exact) mass is 362 g/mol. The van der Waals surface area contributed by atoms with Crippen molar-refractivity contribution in [2.24, 2.45) is 0 Å². The van der Waals surface area contributed by atoms with Crippen LogP contribution in [-0.4, -0.2) is 0 Å². The lowest BCUT2D eigenvalue weighted by Crippen LogP contribution is -2.14. The quantitative estimate of drug-likeness (QED) is 0.533. The number of halogens is 2. The lowest BCUT2D eigenvalue weighted by molar-refractivity contribution is 0.546. The summed E-state index contributed by atoms with van der Waals surface area (Å²) in [5.41, 5.74) is 6.83. The van der Waals surface area contributed by atoms with Crippen molar-refractivity contribution >= 4 is 27.5 Å². The summed E-state index contributed by atoms with van der Waals surface area (Å²) < 4.78 is 0. The van der Waals surface area contributed by atoms with E-state index in [1.807, 2.05) is 0 Å². The number of aryl methyl sites for hydroxylation is 3. The van der Waals surface area contributed by atoms with Crippen LogP contribution in [-0.2, 0) is 6.42 Å². The Balaban J connectivity index is 2.00. The van der Waals surface area contributed by atoms with Gasteiger partial charge in [-0.15, -0.1) is 0 Å². The molecule has 0 bridgehead atoms. The molecule has 0 heterocycles. The van der Waals surface area contributed by atoms with E-state index in [4.69, 9.17) is 11.6 Å². The Hall–Kier alpha value is -0.790. The van der Waals surface area contributed by atoms with Gasteiger partial charge in [-0.05, 0) is 67.0 Å². The molecule has 2 aromatic rings. The van der Waals surface area contributed by atoms with E-state index in [-0.39, 0.29) is 0 Å². The second kappa shape index (κ2) is 6.14. The van der Waals surface area contributed by atoms with Gasteiger partial charge in [0, 0.05) is 15.8 Å². The Morgan fingerprint density at radius 1 is 1.14 bits per heavy atom. The molecule has 1 aliphatic rings. The number of hydrogen-bond acceptors (Lipinski definition) is 0. The van der Waals surface area contributed by atoms with Crippen LogP contribution in [0.4, 0.5) is 0 Å². The lowest BCUT2D eigenvalue weighted by Gasteiger charge is -2.30. The molecule has 2 heteroatoms. The Kier molecular flexibility index (Phi) is 4.42. The smallest absolute Gasteiger partial charge is 0.0466 e. The van der Waals surface area contributed by atoms with E-state index in [0.717, 1.165) is 10.6 Å². The van der Waals surface area contributed by atoms with Gasteiger partial charge in [0.15, 0.2) is 0 Å². The van der Waals surface area contributed by atoms with Gasteiger partial charge in [-0.3, -0.25) is 0 Å². The molecule has 0 fully saturated rings. The fourth-order valence-corrected chi connectivity index (χ4v) is 4.67. The molecular formula is C19H20BrCl. The third-order valence-corrected chi connectivity index (χ3v) is 6.15. The van der Waals surface area contributed by atoms with Crippen molar-refractivity contribution in [1.82, 2.24) is 0 Å². The van der Waals surface area contributed by atoms with Gasteiger partial charge in [0.1, 0.15) is 0 Å². The zero-order valence-electron chi connectivity index (χ0n) is 12.5. The molecule has 2 atom stereocenters. The summed E-state index contributed by atoms with van der Waals surface area (Å²) >= 11 is 10.2. The third kappa shape index (κ3) is 2.91. The van der Waals surface area contributed by atoms with Crippen molar-refractivity contribution in [3.8, 4) is 0 Å². The van der Waals surface area contributed by atoms with E-state index in [1.54, 1.807) is 0 Å². The molecule has 110 valence electrons. The van der Waals surface area contributed by atoms with Crippen LogP contribution >= 0.6 is 27.5 Å². The topological polar surface area (TPSA) is 0 Å². The van der Waals surface area contributed by atoms with Crippen LogP contribution in [0, 0.1) is 13.8 Å². The molecule has 0 spiro atoms. The zero-order chi connectivity index (χ0) is 15.0. The highest BCUT2D eigenvalue weighted by molar-refractivity contribution is 9.09. The summed E-state index contributed by atoms with van der Waals surface area (Å²) in [6, 6.07) is 13.2. The van der Waals surface area contributed by atoms with E-state index in [2.05, 4.69) is 66.2 Å². The van der Waals surface area contributed by atoms with Gasteiger partial charge in [-0.25, -0.2) is 0 Å². The molecule has 0 saturated carbocycles. The van der Waals surface area contributed by atoms with Crippen molar-refractivity contribution in [3.05, 3.63) is 69.2 Å². The van der Waals surface area contributed by atoms with Crippen LogP contribution in [0.3, 0.4) is 0 Å². The van der Waals surface area contributed by atoms with Crippen LogP contribution in [0.1, 0.15) is 51.4 Å². The van der Waals surface area contributed by atoms with Crippen LogP contribution in [0.5, 0.6) is 0 Å². The van der Waals surface area contributed by atoms with E-state index in [1.165, 1.54) is 41.5 Å². The fourth-order valence-electron chi connectivity index (χ4n) is 3.41. The van der Waals surface area contributed by atoms with E-state index >= 15 is 0 Å². The predicted molar refractivity (Wildman–Crippen MR) is 94.7 cm³/mol. The minimum atomic E-state index is 0.356. The van der Waals surface area contributed by atoms with E-state index in [0.29, 0.717) is 10.7 Å². The molecule has 1 aliphatic carbocycles. The van der Waals surface area contributed by atoms with Crippen molar-refractivity contribution in [2.45, 2.75) is 43.9 Å². The molecule has 0 aliphatic heterocycles. The highest BCUT2D eigenvalue weighted by Gasteiger charge is 2.28. The zero-order valence-corrected chi connectivity index (χ0v) is 14.8. The van der Waals surface area contributed by atoms with Crippen molar-refractivity contribution in [2.75, 3.05) is 0 Å². The Morgan fingerprint density at radius 2 is 1.90 bits per heavy atom. The number of rotatable bonds is 2. The maximum Gasteiger partial charge on any atom is 0.0466 e. The second-order valence-corrected chi connectivity index (χ2v) is 7.45. The maximum absolute atomic E-state index is 6.24. The first-order valence-electron chi connectivity index (χ1n) is 7.56. The SMILES string of the molecule is Cc1cc(C(Br)C2CCCc3ccccc32)c(C)cc1Cl. The number of benzene rings is 2. The molecule has 2 unspecified atom stereocenters. The van der Waals surface area contributed by atoms with Crippen molar-refractivity contribution < 1.29 is 0 Å². The highest BCUT2D eigenvalue weighted by atomic mass is 79.9. The van der Waals surface area contributed by atoms with Gasteiger partial charge in [0.25, 0.3) is 0 Å². The van der Waals surface area contributed by atoms with Gasteiger partial charge < -0.3 is 0 Å². The maximum atomic E-state index is 6.24. The van der Waals surface area contributed by atoms with Gasteiger partial charge in [-0.1, -0.05) is 57.9 Å². The molecule has 21 heavy (non-hydrogen) atoms. The molecule has 0 radical (unpaired) electrons. The number of alkyl halides is 1. The summed E-state index contributed by atoms with van der Waals surface area (Å²) in [4.78, 5) is 0.356. The summed E-state index contributed by atoms with van der Waals surface area (Å²) in [7, 11) is 0. The highest BCUT2D eigenvalue weighted by Crippen LogP contribution is 2.46. The van der Waals surface area contributed by atoms with Crippen molar-refractivity contribution in [1.29, 1.82) is 0 Å². The van der Waals surface area contributed by atoms with Gasteiger partial charge in [-0.2, -0.15) is 0 Å². The summed E-state index contributed by atoms with van der Waals surface area (Å²) in [5.74, 6) is 0.550. The first-order chi connectivity index (χ1) is 10.1. The summed E-state index contributed by atoms with van der Waals surface area (Å²) in [5, 5.41) is 0.861. The third-order valence-electron chi connectivity index (χ3n) is 4.61. The standard InChI is InChI=1S/C19H20BrCl/c1-12-11-18(21)13(2)10-17(12)19(20)16-9-5-7-14-6-3-4-8-15(14)16/h3-4,6,8,10-11,16,19H,5,7,9H2,1-2H3. The lowest BCUT2D eigenvalue weighted by atomic mass is 9.79. The Bertz CT molecular complexity index is 663. The van der Waals surface area contributed by atoms with Crippen LogP contribution in [0.15, 0.2) is 36.4 Å². The second-order valence-electron chi connectivity index (χ2n) is 6.06. The van der Waals surface area contributed by atoms with E-state index < -0.39 is 0 Å². The molecule has 0 N–H and O–H groups in total. The summed E-state index contributed by atoms with van der Waals surface area (Å²) in [6.07, 6.45) is 3.73. The Morgan fingerprint density at radius 3 is 2.71 bits per heavy atom. The largest absolute Gasteiger partial charge is 0.0840 e. The molecular weight excluding hydrogens is 344 g/mol. The summed E-state index contributed by atoms with van der Waals surface area (Å²) in [6.45, 7) is 4.24. The molecule has 2 aromatic carbocycles. The first kappa shape index (κ1) is 15.1. The average Bonchev–Trinajstić information content (AvgIpc) is 2.49. The number of fused-ring (bicyclic) bond motifs is 1. The van der Waals surface area contributed by atoms with Crippen LogP contribution in [0.25, 0.3) is 0 Å². The number of hydrogen-bond donors (Lipinski definition) is 0. The molecule has 0 aromatic heterocycles. The fraction of sp³-hybridized carbons (Fsp3) is 0.368. The van der Waals surface area contributed by atoms with Gasteiger partial charge in [0.05, 0.1) is 0 Å². The average molecular weight is 364 g/mol.